The van der Waals surface area contributed by atoms with Crippen molar-refractivity contribution >= 4 is 21.6 Å². The van der Waals surface area contributed by atoms with Crippen molar-refractivity contribution in [2.75, 3.05) is 25.0 Å². The van der Waals surface area contributed by atoms with Crippen molar-refractivity contribution in [2.24, 2.45) is 5.92 Å². The zero-order valence-corrected chi connectivity index (χ0v) is 15.4. The maximum absolute atomic E-state index is 13.0. The molecular weight excluding hydrogens is 368 g/mol. The van der Waals surface area contributed by atoms with Gasteiger partial charge in [-0.1, -0.05) is 12.1 Å². The van der Waals surface area contributed by atoms with E-state index < -0.39 is 10.0 Å². The molecule has 2 aliphatic rings. The largest absolute Gasteiger partial charge is 0.508 e. The molecule has 1 saturated heterocycles. The molecule has 4 rings (SSSR count). The van der Waals surface area contributed by atoms with Gasteiger partial charge in [0.25, 0.3) is 5.91 Å². The number of carbonyl (C=O) groups is 1. The SMILES string of the molecule is O=C1COc2ccc(S(=O)(=O)N3CCC(Cc4cccc(O)c4)C3)cc2N1. The number of anilines is 1. The quantitative estimate of drug-likeness (QED) is 0.835. The zero-order chi connectivity index (χ0) is 19.0. The lowest BCUT2D eigenvalue weighted by molar-refractivity contribution is -0.118. The van der Waals surface area contributed by atoms with Gasteiger partial charge in [0.15, 0.2) is 6.61 Å². The lowest BCUT2D eigenvalue weighted by Gasteiger charge is -2.21. The first-order valence-corrected chi connectivity index (χ1v) is 10.2. The molecule has 0 radical (unpaired) electrons. The Hall–Kier alpha value is -2.58. The van der Waals surface area contributed by atoms with Crippen LogP contribution in [-0.2, 0) is 21.2 Å². The smallest absolute Gasteiger partial charge is 0.262 e. The van der Waals surface area contributed by atoms with E-state index in [0.717, 1.165) is 12.0 Å². The molecular formula is C19H20N2O5S. The lowest BCUT2D eigenvalue weighted by atomic mass is 9.99. The van der Waals surface area contributed by atoms with Crippen LogP contribution in [0, 0.1) is 5.92 Å². The van der Waals surface area contributed by atoms with E-state index in [9.17, 15) is 18.3 Å². The summed E-state index contributed by atoms with van der Waals surface area (Å²) in [5.41, 5.74) is 1.37. The standard InChI is InChI=1S/C19H20N2O5S/c22-15-3-1-2-13(9-15)8-14-6-7-21(11-14)27(24,25)16-4-5-18-17(10-16)20-19(23)12-26-18/h1-5,9-10,14,22H,6-8,11-12H2,(H,20,23). The van der Waals surface area contributed by atoms with Crippen LogP contribution in [0.3, 0.4) is 0 Å². The van der Waals surface area contributed by atoms with Gasteiger partial charge in [-0.3, -0.25) is 4.79 Å². The van der Waals surface area contributed by atoms with E-state index in [0.29, 0.717) is 30.9 Å². The summed E-state index contributed by atoms with van der Waals surface area (Å²) >= 11 is 0. The number of ether oxygens (including phenoxy) is 1. The number of fused-ring (bicyclic) bond motifs is 1. The number of carbonyl (C=O) groups excluding carboxylic acids is 1. The van der Waals surface area contributed by atoms with Crippen LogP contribution in [0.15, 0.2) is 47.4 Å². The minimum Gasteiger partial charge on any atom is -0.508 e. The summed E-state index contributed by atoms with van der Waals surface area (Å²) in [5.74, 6) is 0.580. The maximum Gasteiger partial charge on any atom is 0.262 e. The third-order valence-electron chi connectivity index (χ3n) is 4.91. The van der Waals surface area contributed by atoms with E-state index >= 15 is 0 Å². The summed E-state index contributed by atoms with van der Waals surface area (Å²) in [6, 6.07) is 11.6. The molecule has 1 unspecified atom stereocenters. The molecule has 0 aromatic heterocycles. The average Bonchev–Trinajstić information content (AvgIpc) is 3.10. The van der Waals surface area contributed by atoms with Gasteiger partial charge in [0.1, 0.15) is 11.5 Å². The number of aromatic hydroxyl groups is 1. The van der Waals surface area contributed by atoms with E-state index in [1.54, 1.807) is 24.3 Å². The molecule has 1 fully saturated rings. The Morgan fingerprint density at radius 3 is 2.89 bits per heavy atom. The number of hydrogen-bond acceptors (Lipinski definition) is 5. The topological polar surface area (TPSA) is 95.9 Å². The van der Waals surface area contributed by atoms with Crippen molar-refractivity contribution in [1.82, 2.24) is 4.31 Å². The fourth-order valence-electron chi connectivity index (χ4n) is 3.57. The molecule has 2 N–H and O–H groups in total. The Balaban J connectivity index is 1.50. The molecule has 2 heterocycles. The molecule has 0 aliphatic carbocycles. The van der Waals surface area contributed by atoms with Gasteiger partial charge in [0, 0.05) is 13.1 Å². The zero-order valence-electron chi connectivity index (χ0n) is 14.6. The highest BCUT2D eigenvalue weighted by atomic mass is 32.2. The van der Waals surface area contributed by atoms with Crippen LogP contribution >= 0.6 is 0 Å². The number of amides is 1. The normalized spacial score (nSPS) is 20.0. The van der Waals surface area contributed by atoms with Gasteiger partial charge in [0.05, 0.1) is 10.6 Å². The third-order valence-corrected chi connectivity index (χ3v) is 6.77. The van der Waals surface area contributed by atoms with Crippen molar-refractivity contribution in [2.45, 2.75) is 17.7 Å². The van der Waals surface area contributed by atoms with Gasteiger partial charge in [-0.25, -0.2) is 8.42 Å². The van der Waals surface area contributed by atoms with E-state index in [1.807, 2.05) is 6.07 Å². The molecule has 0 saturated carbocycles. The number of phenols is 1. The predicted molar refractivity (Wildman–Crippen MR) is 99.2 cm³/mol. The number of sulfonamides is 1. The number of hydrogen-bond donors (Lipinski definition) is 2. The molecule has 1 amide bonds. The highest BCUT2D eigenvalue weighted by Crippen LogP contribution is 2.33. The van der Waals surface area contributed by atoms with Crippen LogP contribution in [0.4, 0.5) is 5.69 Å². The molecule has 1 atom stereocenters. The van der Waals surface area contributed by atoms with Crippen molar-refractivity contribution < 1.29 is 23.1 Å². The van der Waals surface area contributed by atoms with Gasteiger partial charge >= 0.3 is 0 Å². The van der Waals surface area contributed by atoms with Gasteiger partial charge in [0.2, 0.25) is 10.0 Å². The summed E-state index contributed by atoms with van der Waals surface area (Å²) in [6.45, 7) is 0.811. The van der Waals surface area contributed by atoms with Gasteiger partial charge in [-0.15, -0.1) is 0 Å². The van der Waals surface area contributed by atoms with Crippen molar-refractivity contribution in [3.63, 3.8) is 0 Å². The van der Waals surface area contributed by atoms with Gasteiger partial charge in [-0.05, 0) is 54.7 Å². The summed E-state index contributed by atoms with van der Waals surface area (Å²) in [4.78, 5) is 11.6. The molecule has 142 valence electrons. The number of nitrogens with zero attached hydrogens (tertiary/aromatic N) is 1. The maximum atomic E-state index is 13.0. The Morgan fingerprint density at radius 2 is 2.07 bits per heavy atom. The first-order chi connectivity index (χ1) is 12.9. The number of benzene rings is 2. The van der Waals surface area contributed by atoms with Crippen LogP contribution in [-0.4, -0.2) is 43.4 Å². The molecule has 0 spiro atoms. The Labute approximate surface area is 157 Å². The fraction of sp³-hybridized carbons (Fsp3) is 0.316. The highest BCUT2D eigenvalue weighted by molar-refractivity contribution is 7.89. The second-order valence-electron chi connectivity index (χ2n) is 6.89. The predicted octanol–water partition coefficient (Wildman–Crippen LogP) is 1.98. The molecule has 2 aromatic carbocycles. The second kappa shape index (κ2) is 6.86. The summed E-state index contributed by atoms with van der Waals surface area (Å²) < 4.78 is 32.7. The van der Waals surface area contributed by atoms with E-state index in [4.69, 9.17) is 4.74 Å². The molecule has 27 heavy (non-hydrogen) atoms. The monoisotopic (exact) mass is 388 g/mol. The van der Waals surface area contributed by atoms with Gasteiger partial charge in [-0.2, -0.15) is 4.31 Å². The first kappa shape index (κ1) is 17.8. The molecule has 8 heteroatoms. The molecule has 0 bridgehead atoms. The third kappa shape index (κ3) is 3.63. The summed E-state index contributed by atoms with van der Waals surface area (Å²) in [6.07, 6.45) is 1.48. The van der Waals surface area contributed by atoms with Crippen molar-refractivity contribution in [1.29, 1.82) is 0 Å². The Kier molecular flexibility index (Phi) is 4.53. The van der Waals surface area contributed by atoms with Gasteiger partial charge < -0.3 is 15.2 Å². The minimum atomic E-state index is -3.65. The van der Waals surface area contributed by atoms with Crippen LogP contribution in [0.1, 0.15) is 12.0 Å². The van der Waals surface area contributed by atoms with Crippen LogP contribution < -0.4 is 10.1 Å². The Morgan fingerprint density at radius 1 is 1.22 bits per heavy atom. The second-order valence-corrected chi connectivity index (χ2v) is 8.82. The highest BCUT2D eigenvalue weighted by Gasteiger charge is 2.33. The van der Waals surface area contributed by atoms with Crippen LogP contribution in [0.25, 0.3) is 0 Å². The lowest BCUT2D eigenvalue weighted by Crippen LogP contribution is -2.30. The summed E-state index contributed by atoms with van der Waals surface area (Å²) in [5, 5.41) is 12.2. The van der Waals surface area contributed by atoms with Crippen molar-refractivity contribution in [3.05, 3.63) is 48.0 Å². The van der Waals surface area contributed by atoms with E-state index in [-0.39, 0.29) is 29.1 Å². The number of nitrogens with one attached hydrogen (secondary N) is 1. The van der Waals surface area contributed by atoms with Crippen LogP contribution in [0.5, 0.6) is 11.5 Å². The average molecular weight is 388 g/mol. The van der Waals surface area contributed by atoms with E-state index in [1.165, 1.54) is 16.4 Å². The van der Waals surface area contributed by atoms with Crippen LogP contribution in [0.2, 0.25) is 0 Å². The molecule has 2 aliphatic heterocycles. The van der Waals surface area contributed by atoms with E-state index in [2.05, 4.69) is 5.32 Å². The molecule has 2 aromatic rings. The minimum absolute atomic E-state index is 0.0675. The summed E-state index contributed by atoms with van der Waals surface area (Å²) in [7, 11) is -3.65. The fourth-order valence-corrected chi connectivity index (χ4v) is 5.13. The number of rotatable bonds is 4. The number of phenolic OH excluding ortho intramolecular Hbond substituents is 1. The molecule has 7 nitrogen and oxygen atoms in total. The first-order valence-electron chi connectivity index (χ1n) is 8.76. The Bertz CT molecular complexity index is 989. The van der Waals surface area contributed by atoms with Crippen molar-refractivity contribution in [3.8, 4) is 11.5 Å².